The lowest BCUT2D eigenvalue weighted by Crippen LogP contribution is -1.98. The van der Waals surface area contributed by atoms with Crippen LogP contribution in [0.2, 0.25) is 5.02 Å². The summed E-state index contributed by atoms with van der Waals surface area (Å²) in [6.45, 7) is 0. The molecule has 2 rings (SSSR count). The topological polar surface area (TPSA) is 22.1 Å². The van der Waals surface area contributed by atoms with Crippen molar-refractivity contribution in [2.75, 3.05) is 6.26 Å². The molecule has 1 aliphatic carbocycles. The zero-order valence-corrected chi connectivity index (χ0v) is 8.86. The van der Waals surface area contributed by atoms with E-state index < -0.39 is 0 Å². The summed E-state index contributed by atoms with van der Waals surface area (Å²) in [4.78, 5) is 4.99. The third kappa shape index (κ3) is 2.09. The number of hydrogen-bond acceptors (Lipinski definition) is 3. The van der Waals surface area contributed by atoms with E-state index in [1.54, 1.807) is 24.2 Å². The third-order valence-corrected chi connectivity index (χ3v) is 3.07. The van der Waals surface area contributed by atoms with E-state index in [1.807, 2.05) is 6.26 Å². The minimum atomic E-state index is 0.395. The number of ether oxygens (including phenoxy) is 1. The summed E-state index contributed by atoms with van der Waals surface area (Å²) in [5, 5.41) is 0.672. The monoisotopic (exact) mass is 215 g/mol. The maximum atomic E-state index is 5.97. The highest BCUT2D eigenvalue weighted by Crippen LogP contribution is 2.36. The lowest BCUT2D eigenvalue weighted by Gasteiger charge is -2.08. The van der Waals surface area contributed by atoms with Crippen LogP contribution in [0.15, 0.2) is 17.3 Å². The zero-order valence-electron chi connectivity index (χ0n) is 7.29. The summed E-state index contributed by atoms with van der Waals surface area (Å²) in [6, 6.07) is 0. The van der Waals surface area contributed by atoms with Gasteiger partial charge in [-0.1, -0.05) is 11.6 Å². The molecule has 1 aromatic heterocycles. The molecule has 0 atom stereocenters. The van der Waals surface area contributed by atoms with Crippen molar-refractivity contribution in [3.63, 3.8) is 0 Å². The molecule has 0 aliphatic heterocycles. The summed E-state index contributed by atoms with van der Waals surface area (Å²) >= 11 is 7.56. The van der Waals surface area contributed by atoms with Crippen molar-refractivity contribution in [1.29, 1.82) is 0 Å². The fourth-order valence-corrected chi connectivity index (χ4v) is 1.98. The maximum absolute atomic E-state index is 5.97. The Labute approximate surface area is 86.6 Å². The normalized spacial score (nSPS) is 15.8. The second-order valence-corrected chi connectivity index (χ2v) is 4.19. The minimum absolute atomic E-state index is 0.395. The van der Waals surface area contributed by atoms with Gasteiger partial charge in [-0.15, -0.1) is 11.8 Å². The molecule has 0 saturated heterocycles. The Hall–Kier alpha value is -0.410. The van der Waals surface area contributed by atoms with E-state index in [1.165, 1.54) is 0 Å². The first kappa shape index (κ1) is 9.16. The molecule has 0 unspecified atom stereocenters. The summed E-state index contributed by atoms with van der Waals surface area (Å²) in [7, 11) is 0. The van der Waals surface area contributed by atoms with Crippen molar-refractivity contribution < 1.29 is 4.74 Å². The number of nitrogens with zero attached hydrogens (tertiary/aromatic N) is 1. The van der Waals surface area contributed by atoms with Gasteiger partial charge in [-0.05, 0) is 19.1 Å². The van der Waals surface area contributed by atoms with Gasteiger partial charge in [0.05, 0.1) is 22.2 Å². The summed E-state index contributed by atoms with van der Waals surface area (Å²) < 4.78 is 5.66. The van der Waals surface area contributed by atoms with E-state index in [-0.39, 0.29) is 0 Å². The van der Waals surface area contributed by atoms with Gasteiger partial charge in [0.15, 0.2) is 5.75 Å². The average molecular weight is 216 g/mol. The molecular weight excluding hydrogens is 206 g/mol. The van der Waals surface area contributed by atoms with Gasteiger partial charge in [0, 0.05) is 6.20 Å². The first-order valence-electron chi connectivity index (χ1n) is 4.15. The number of halogens is 1. The van der Waals surface area contributed by atoms with Crippen LogP contribution in [0, 0.1) is 0 Å². The molecule has 2 nitrogen and oxygen atoms in total. The van der Waals surface area contributed by atoms with Crippen molar-refractivity contribution in [2.24, 2.45) is 0 Å². The van der Waals surface area contributed by atoms with E-state index in [0.717, 1.165) is 23.5 Å². The van der Waals surface area contributed by atoms with Crippen molar-refractivity contribution >= 4 is 23.4 Å². The molecule has 0 spiro atoms. The molecule has 0 bridgehead atoms. The Kier molecular flexibility index (Phi) is 2.65. The first-order valence-corrected chi connectivity index (χ1v) is 5.75. The van der Waals surface area contributed by atoms with Crippen LogP contribution in [0.4, 0.5) is 0 Å². The van der Waals surface area contributed by atoms with Gasteiger partial charge in [-0.3, -0.25) is 4.98 Å². The van der Waals surface area contributed by atoms with Crippen LogP contribution >= 0.6 is 23.4 Å². The molecule has 1 aromatic rings. The molecule has 1 fully saturated rings. The maximum Gasteiger partial charge on any atom is 0.153 e. The molecule has 0 N–H and O–H groups in total. The standard InChI is InChI=1S/C9H10ClNOS/c1-13-9-7(10)4-11-5-8(9)12-6-2-3-6/h4-6H,2-3H2,1H3. The quantitative estimate of drug-likeness (QED) is 0.724. The van der Waals surface area contributed by atoms with Crippen LogP contribution in [0.1, 0.15) is 12.8 Å². The number of pyridine rings is 1. The van der Waals surface area contributed by atoms with Gasteiger partial charge in [0.1, 0.15) is 0 Å². The summed E-state index contributed by atoms with van der Waals surface area (Å²) in [5.41, 5.74) is 0. The van der Waals surface area contributed by atoms with Crippen molar-refractivity contribution in [2.45, 2.75) is 23.8 Å². The van der Waals surface area contributed by atoms with Gasteiger partial charge >= 0.3 is 0 Å². The van der Waals surface area contributed by atoms with E-state index in [2.05, 4.69) is 4.98 Å². The smallest absolute Gasteiger partial charge is 0.153 e. The Morgan fingerprint density at radius 2 is 2.31 bits per heavy atom. The Balaban J connectivity index is 2.25. The van der Waals surface area contributed by atoms with Crippen LogP contribution in [-0.2, 0) is 0 Å². The van der Waals surface area contributed by atoms with Gasteiger partial charge in [0.2, 0.25) is 0 Å². The minimum Gasteiger partial charge on any atom is -0.488 e. The number of rotatable bonds is 3. The number of aromatic nitrogens is 1. The predicted molar refractivity (Wildman–Crippen MR) is 54.7 cm³/mol. The largest absolute Gasteiger partial charge is 0.488 e. The molecule has 0 aromatic carbocycles. The number of hydrogen-bond donors (Lipinski definition) is 0. The fourth-order valence-electron chi connectivity index (χ4n) is 1.05. The highest BCUT2D eigenvalue weighted by Gasteiger charge is 2.25. The first-order chi connectivity index (χ1) is 6.31. The molecule has 13 heavy (non-hydrogen) atoms. The highest BCUT2D eigenvalue weighted by atomic mass is 35.5. The second kappa shape index (κ2) is 3.76. The van der Waals surface area contributed by atoms with E-state index in [4.69, 9.17) is 16.3 Å². The van der Waals surface area contributed by atoms with Crippen LogP contribution in [0.25, 0.3) is 0 Å². The van der Waals surface area contributed by atoms with Crippen molar-refractivity contribution in [3.8, 4) is 5.75 Å². The average Bonchev–Trinajstić information content (AvgIpc) is 2.89. The Bertz CT molecular complexity index is 314. The molecule has 1 saturated carbocycles. The fraction of sp³-hybridized carbons (Fsp3) is 0.444. The van der Waals surface area contributed by atoms with Crippen LogP contribution in [0.3, 0.4) is 0 Å². The Morgan fingerprint density at radius 3 is 2.92 bits per heavy atom. The molecule has 4 heteroatoms. The SMILES string of the molecule is CSc1c(Cl)cncc1OC1CC1. The highest BCUT2D eigenvalue weighted by molar-refractivity contribution is 7.98. The van der Waals surface area contributed by atoms with E-state index in [9.17, 15) is 0 Å². The van der Waals surface area contributed by atoms with Crippen LogP contribution < -0.4 is 4.74 Å². The van der Waals surface area contributed by atoms with Gasteiger partial charge in [-0.25, -0.2) is 0 Å². The van der Waals surface area contributed by atoms with Crippen molar-refractivity contribution in [3.05, 3.63) is 17.4 Å². The Morgan fingerprint density at radius 1 is 1.54 bits per heavy atom. The molecule has 1 heterocycles. The zero-order chi connectivity index (χ0) is 9.26. The van der Waals surface area contributed by atoms with E-state index in [0.29, 0.717) is 11.1 Å². The second-order valence-electron chi connectivity index (χ2n) is 2.97. The molecular formula is C9H10ClNOS. The predicted octanol–water partition coefficient (Wildman–Crippen LogP) is 3.00. The van der Waals surface area contributed by atoms with Crippen molar-refractivity contribution in [1.82, 2.24) is 4.98 Å². The third-order valence-electron chi connectivity index (χ3n) is 1.84. The molecule has 70 valence electrons. The molecule has 1 aliphatic rings. The van der Waals surface area contributed by atoms with Crippen LogP contribution in [-0.4, -0.2) is 17.3 Å². The lowest BCUT2D eigenvalue weighted by molar-refractivity contribution is 0.295. The van der Waals surface area contributed by atoms with Gasteiger partial charge in [-0.2, -0.15) is 0 Å². The van der Waals surface area contributed by atoms with Crippen LogP contribution in [0.5, 0.6) is 5.75 Å². The lowest BCUT2D eigenvalue weighted by atomic mass is 10.4. The number of thioether (sulfide) groups is 1. The summed E-state index contributed by atoms with van der Waals surface area (Å²) in [5.74, 6) is 0.822. The van der Waals surface area contributed by atoms with Gasteiger partial charge in [0.25, 0.3) is 0 Å². The summed E-state index contributed by atoms with van der Waals surface area (Å²) in [6.07, 6.45) is 8.07. The van der Waals surface area contributed by atoms with Gasteiger partial charge < -0.3 is 4.74 Å². The van der Waals surface area contributed by atoms with E-state index >= 15 is 0 Å². The molecule has 0 amide bonds. The molecule has 0 radical (unpaired) electrons.